The van der Waals surface area contributed by atoms with E-state index in [2.05, 4.69) is 4.98 Å². The smallest absolute Gasteiger partial charge is 0.417 e. The van der Waals surface area contributed by atoms with Gasteiger partial charge in [-0.1, -0.05) is 24.3 Å². The Morgan fingerprint density at radius 2 is 1.82 bits per heavy atom. The molecule has 1 aromatic carbocycles. The Hall–Kier alpha value is -2.83. The molecule has 0 radical (unpaired) electrons. The third kappa shape index (κ3) is 2.30. The molecule has 0 bridgehead atoms. The Labute approximate surface area is 122 Å². The van der Waals surface area contributed by atoms with Gasteiger partial charge in [-0.2, -0.15) is 13.2 Å². The maximum atomic E-state index is 13.1. The highest BCUT2D eigenvalue weighted by atomic mass is 19.4. The molecule has 0 spiro atoms. The van der Waals surface area contributed by atoms with E-state index in [-0.39, 0.29) is 22.6 Å². The molecule has 3 aromatic rings. The van der Waals surface area contributed by atoms with Gasteiger partial charge in [0, 0.05) is 11.8 Å². The fourth-order valence-electron chi connectivity index (χ4n) is 2.27. The van der Waals surface area contributed by atoms with Crippen LogP contribution in [0.1, 0.15) is 16.1 Å². The average Bonchev–Trinajstić information content (AvgIpc) is 2.89. The van der Waals surface area contributed by atoms with Crippen molar-refractivity contribution < 1.29 is 23.1 Å². The van der Waals surface area contributed by atoms with Crippen LogP contribution in [-0.2, 0) is 6.18 Å². The van der Waals surface area contributed by atoms with Crippen molar-refractivity contribution >= 4 is 11.6 Å². The van der Waals surface area contributed by atoms with Gasteiger partial charge in [0.1, 0.15) is 11.3 Å². The molecule has 0 aliphatic rings. The largest absolute Gasteiger partial charge is 0.477 e. The SMILES string of the molecule is O=C(O)c1cccc2nc(-c3ccccc3C(F)(F)F)cn12. The Kier molecular flexibility index (Phi) is 3.13. The zero-order valence-corrected chi connectivity index (χ0v) is 11.0. The predicted molar refractivity (Wildman–Crippen MR) is 72.6 cm³/mol. The van der Waals surface area contributed by atoms with Crippen molar-refractivity contribution in [1.29, 1.82) is 0 Å². The van der Waals surface area contributed by atoms with Crippen LogP contribution < -0.4 is 0 Å². The van der Waals surface area contributed by atoms with E-state index < -0.39 is 17.7 Å². The van der Waals surface area contributed by atoms with Gasteiger partial charge in [0.2, 0.25) is 0 Å². The molecule has 2 aromatic heterocycles. The first-order valence-corrected chi connectivity index (χ1v) is 6.26. The van der Waals surface area contributed by atoms with E-state index in [4.69, 9.17) is 5.11 Å². The predicted octanol–water partition coefficient (Wildman–Crippen LogP) is 3.72. The summed E-state index contributed by atoms with van der Waals surface area (Å²) < 4.78 is 40.5. The highest BCUT2D eigenvalue weighted by Crippen LogP contribution is 2.36. The van der Waals surface area contributed by atoms with Gasteiger partial charge in [-0.3, -0.25) is 4.40 Å². The monoisotopic (exact) mass is 306 g/mol. The van der Waals surface area contributed by atoms with Crippen molar-refractivity contribution in [3.8, 4) is 11.3 Å². The van der Waals surface area contributed by atoms with Crippen molar-refractivity contribution in [2.75, 3.05) is 0 Å². The van der Waals surface area contributed by atoms with E-state index in [1.807, 2.05) is 0 Å². The van der Waals surface area contributed by atoms with Gasteiger partial charge in [0.15, 0.2) is 0 Å². The maximum Gasteiger partial charge on any atom is 0.417 e. The Balaban J connectivity index is 2.25. The molecule has 112 valence electrons. The number of rotatable bonds is 2. The van der Waals surface area contributed by atoms with Crippen LogP contribution in [0.5, 0.6) is 0 Å². The molecular weight excluding hydrogens is 297 g/mol. The summed E-state index contributed by atoms with van der Waals surface area (Å²) in [6, 6.07) is 9.44. The Bertz CT molecular complexity index is 869. The number of hydrogen-bond acceptors (Lipinski definition) is 2. The summed E-state index contributed by atoms with van der Waals surface area (Å²) in [6.45, 7) is 0. The molecular formula is C15H9F3N2O2. The van der Waals surface area contributed by atoms with Gasteiger partial charge in [-0.25, -0.2) is 9.78 Å². The zero-order valence-electron chi connectivity index (χ0n) is 11.0. The number of aromatic nitrogens is 2. The Morgan fingerprint density at radius 1 is 1.09 bits per heavy atom. The quantitative estimate of drug-likeness (QED) is 0.785. The molecule has 0 unspecified atom stereocenters. The number of pyridine rings is 1. The number of fused-ring (bicyclic) bond motifs is 1. The van der Waals surface area contributed by atoms with Gasteiger partial charge in [-0.15, -0.1) is 0 Å². The lowest BCUT2D eigenvalue weighted by Crippen LogP contribution is -2.06. The number of imidazole rings is 1. The highest BCUT2D eigenvalue weighted by Gasteiger charge is 2.33. The van der Waals surface area contributed by atoms with Crippen LogP contribution in [-0.4, -0.2) is 20.5 Å². The summed E-state index contributed by atoms with van der Waals surface area (Å²) in [6.07, 6.45) is -3.22. The molecule has 0 amide bonds. The minimum Gasteiger partial charge on any atom is -0.477 e. The summed E-state index contributed by atoms with van der Waals surface area (Å²) in [5, 5.41) is 9.12. The topological polar surface area (TPSA) is 54.6 Å². The number of carboxylic acids is 1. The second kappa shape index (κ2) is 4.87. The van der Waals surface area contributed by atoms with Gasteiger partial charge in [-0.05, 0) is 18.2 Å². The molecule has 3 rings (SSSR count). The highest BCUT2D eigenvalue weighted by molar-refractivity contribution is 5.87. The first-order chi connectivity index (χ1) is 10.4. The van der Waals surface area contributed by atoms with E-state index in [0.717, 1.165) is 6.07 Å². The standard InChI is InChI=1S/C15H9F3N2O2/c16-15(17,18)10-5-2-1-4-9(10)11-8-20-12(14(21)22)6-3-7-13(20)19-11/h1-8H,(H,21,22). The van der Waals surface area contributed by atoms with E-state index in [9.17, 15) is 18.0 Å². The molecule has 0 saturated heterocycles. The molecule has 0 atom stereocenters. The van der Waals surface area contributed by atoms with Crippen LogP contribution in [0, 0.1) is 0 Å². The van der Waals surface area contributed by atoms with Crippen LogP contribution in [0.3, 0.4) is 0 Å². The van der Waals surface area contributed by atoms with Crippen molar-refractivity contribution in [3.63, 3.8) is 0 Å². The molecule has 7 heteroatoms. The maximum absolute atomic E-state index is 13.1. The molecule has 0 aliphatic heterocycles. The van der Waals surface area contributed by atoms with Gasteiger partial charge >= 0.3 is 12.1 Å². The normalized spacial score (nSPS) is 11.8. The van der Waals surface area contributed by atoms with Crippen LogP contribution in [0.15, 0.2) is 48.7 Å². The number of aromatic carboxylic acids is 1. The summed E-state index contributed by atoms with van der Waals surface area (Å²) in [7, 11) is 0. The number of hydrogen-bond donors (Lipinski definition) is 1. The summed E-state index contributed by atoms with van der Waals surface area (Å²) in [5.41, 5.74) is -0.625. The molecule has 22 heavy (non-hydrogen) atoms. The number of halogens is 3. The second-order valence-electron chi connectivity index (χ2n) is 4.61. The molecule has 0 saturated carbocycles. The lowest BCUT2D eigenvalue weighted by atomic mass is 10.0. The lowest BCUT2D eigenvalue weighted by Gasteiger charge is -2.10. The number of carbonyl (C=O) groups is 1. The van der Waals surface area contributed by atoms with Crippen LogP contribution in [0.25, 0.3) is 16.9 Å². The zero-order chi connectivity index (χ0) is 15.9. The van der Waals surface area contributed by atoms with Crippen LogP contribution in [0.2, 0.25) is 0 Å². The number of carboxylic acid groups (broad SMARTS) is 1. The number of alkyl halides is 3. The minimum atomic E-state index is -4.51. The number of nitrogens with zero attached hydrogens (tertiary/aromatic N) is 2. The van der Waals surface area contributed by atoms with E-state index in [1.54, 1.807) is 0 Å². The van der Waals surface area contributed by atoms with E-state index in [0.29, 0.717) is 0 Å². The Morgan fingerprint density at radius 3 is 2.50 bits per heavy atom. The average molecular weight is 306 g/mol. The van der Waals surface area contributed by atoms with E-state index >= 15 is 0 Å². The van der Waals surface area contributed by atoms with Gasteiger partial charge in [0.05, 0.1) is 11.3 Å². The minimum absolute atomic E-state index is 0.0688. The van der Waals surface area contributed by atoms with Gasteiger partial charge in [0.25, 0.3) is 0 Å². The molecule has 0 aliphatic carbocycles. The van der Waals surface area contributed by atoms with Crippen molar-refractivity contribution in [2.24, 2.45) is 0 Å². The molecule has 1 N–H and O–H groups in total. The van der Waals surface area contributed by atoms with Crippen LogP contribution >= 0.6 is 0 Å². The second-order valence-corrected chi connectivity index (χ2v) is 4.61. The third-order valence-corrected chi connectivity index (χ3v) is 3.22. The third-order valence-electron chi connectivity index (χ3n) is 3.22. The van der Waals surface area contributed by atoms with Gasteiger partial charge < -0.3 is 5.11 Å². The first kappa shape index (κ1) is 14.1. The van der Waals surface area contributed by atoms with Crippen molar-refractivity contribution in [2.45, 2.75) is 6.18 Å². The van der Waals surface area contributed by atoms with Crippen molar-refractivity contribution in [1.82, 2.24) is 9.38 Å². The molecule has 2 heterocycles. The number of benzene rings is 1. The first-order valence-electron chi connectivity index (χ1n) is 6.26. The summed E-state index contributed by atoms with van der Waals surface area (Å²) in [4.78, 5) is 15.3. The fourth-order valence-corrected chi connectivity index (χ4v) is 2.27. The van der Waals surface area contributed by atoms with Crippen LogP contribution in [0.4, 0.5) is 13.2 Å². The molecule has 4 nitrogen and oxygen atoms in total. The lowest BCUT2D eigenvalue weighted by molar-refractivity contribution is -0.137. The van der Waals surface area contributed by atoms with Crippen molar-refractivity contribution in [3.05, 3.63) is 59.9 Å². The fraction of sp³-hybridized carbons (Fsp3) is 0.0667. The molecule has 0 fully saturated rings. The summed E-state index contributed by atoms with van der Waals surface area (Å²) >= 11 is 0. The van der Waals surface area contributed by atoms with E-state index in [1.165, 1.54) is 47.0 Å². The summed E-state index contributed by atoms with van der Waals surface area (Å²) in [5.74, 6) is -1.18.